The van der Waals surface area contributed by atoms with Crippen molar-refractivity contribution in [2.45, 2.75) is 11.4 Å². The van der Waals surface area contributed by atoms with Crippen LogP contribution in [0.2, 0.25) is 0 Å². The molecule has 0 bridgehead atoms. The molecule has 1 heterocycles. The third-order valence-electron chi connectivity index (χ3n) is 2.64. The molecule has 8 heteroatoms. The number of hydrogen-bond donors (Lipinski definition) is 1. The molecule has 1 amide bonds. The average Bonchev–Trinajstić information content (AvgIpc) is 3.05. The fourth-order valence-electron chi connectivity index (χ4n) is 1.56. The van der Waals surface area contributed by atoms with Crippen LogP contribution in [0.4, 0.5) is 8.78 Å². The molecular weight excluding hydrogens is 344 g/mol. The highest BCUT2D eigenvalue weighted by Gasteiger charge is 2.11. The van der Waals surface area contributed by atoms with Gasteiger partial charge in [-0.25, -0.2) is 8.78 Å². The van der Waals surface area contributed by atoms with Gasteiger partial charge < -0.3 is 10.1 Å². The highest BCUT2D eigenvalue weighted by atomic mass is 32.2. The van der Waals surface area contributed by atoms with Crippen molar-refractivity contribution in [2.75, 3.05) is 12.4 Å². The number of thiophene rings is 1. The molecule has 0 unspecified atom stereocenters. The van der Waals surface area contributed by atoms with E-state index in [-0.39, 0.29) is 10.6 Å². The van der Waals surface area contributed by atoms with Crippen molar-refractivity contribution < 1.29 is 23.1 Å². The van der Waals surface area contributed by atoms with Crippen LogP contribution in [0.25, 0.3) is 0 Å². The van der Waals surface area contributed by atoms with E-state index < -0.39 is 30.1 Å². The Morgan fingerprint density at radius 3 is 2.83 bits per heavy atom. The molecule has 0 fully saturated rings. The number of ether oxygens (including phenoxy) is 1. The van der Waals surface area contributed by atoms with Gasteiger partial charge >= 0.3 is 5.97 Å². The van der Waals surface area contributed by atoms with Gasteiger partial charge in [0.1, 0.15) is 11.6 Å². The highest BCUT2D eigenvalue weighted by molar-refractivity contribution is 8.00. The molecule has 0 saturated carbocycles. The van der Waals surface area contributed by atoms with E-state index in [9.17, 15) is 18.4 Å². The molecule has 1 aromatic carbocycles. The number of esters is 1. The second-order valence-corrected chi connectivity index (χ2v) is 6.43. The van der Waals surface area contributed by atoms with E-state index in [1.165, 1.54) is 11.3 Å². The fourth-order valence-corrected chi connectivity index (χ4v) is 2.97. The van der Waals surface area contributed by atoms with Gasteiger partial charge in [-0.3, -0.25) is 9.59 Å². The first kappa shape index (κ1) is 17.4. The average molecular weight is 357 g/mol. The van der Waals surface area contributed by atoms with Crippen LogP contribution in [0.3, 0.4) is 0 Å². The minimum Gasteiger partial charge on any atom is -0.455 e. The second kappa shape index (κ2) is 8.64. The minimum atomic E-state index is -0.676. The summed E-state index contributed by atoms with van der Waals surface area (Å²) in [6.45, 7) is -0.0340. The van der Waals surface area contributed by atoms with Gasteiger partial charge in [-0.2, -0.15) is 0 Å². The fraction of sp³-hybridized carbons (Fsp3) is 0.200. The lowest BCUT2D eigenvalue weighted by Gasteiger charge is -2.06. The Labute approximate surface area is 139 Å². The van der Waals surface area contributed by atoms with Crippen LogP contribution in [-0.4, -0.2) is 24.2 Å². The molecule has 2 aromatic rings. The maximum Gasteiger partial charge on any atom is 0.316 e. The molecule has 1 N–H and O–H groups in total. The summed E-state index contributed by atoms with van der Waals surface area (Å²) in [6.07, 6.45) is 0. The van der Waals surface area contributed by atoms with Crippen LogP contribution in [0.5, 0.6) is 0 Å². The van der Waals surface area contributed by atoms with Crippen LogP contribution >= 0.6 is 23.1 Å². The van der Waals surface area contributed by atoms with E-state index in [4.69, 9.17) is 4.74 Å². The summed E-state index contributed by atoms with van der Waals surface area (Å²) in [6, 6.07) is 6.73. The Balaban J connectivity index is 1.68. The Morgan fingerprint density at radius 2 is 2.09 bits per heavy atom. The lowest BCUT2D eigenvalue weighted by molar-refractivity contribution is -0.145. The molecule has 1 aromatic heterocycles. The molecule has 0 aliphatic rings. The Bertz CT molecular complexity index is 677. The number of amides is 1. The minimum absolute atomic E-state index is 0.0177. The molecule has 122 valence electrons. The molecule has 0 aliphatic carbocycles. The molecule has 23 heavy (non-hydrogen) atoms. The number of rotatable bonds is 7. The Morgan fingerprint density at radius 1 is 1.26 bits per heavy atom. The quantitative estimate of drug-likeness (QED) is 0.611. The molecular formula is C15H13F2NO3S2. The molecule has 4 nitrogen and oxygen atoms in total. The first-order valence-electron chi connectivity index (χ1n) is 6.57. The third-order valence-corrected chi connectivity index (χ3v) is 4.52. The van der Waals surface area contributed by atoms with Crippen LogP contribution in [-0.2, 0) is 20.9 Å². The van der Waals surface area contributed by atoms with E-state index in [0.29, 0.717) is 6.54 Å². The number of benzene rings is 1. The highest BCUT2D eigenvalue weighted by Crippen LogP contribution is 2.22. The Hall–Kier alpha value is -1.93. The van der Waals surface area contributed by atoms with E-state index in [2.05, 4.69) is 5.32 Å². The van der Waals surface area contributed by atoms with Crippen molar-refractivity contribution in [1.82, 2.24) is 5.32 Å². The molecule has 2 rings (SSSR count). The van der Waals surface area contributed by atoms with Crippen molar-refractivity contribution >= 4 is 35.0 Å². The standard InChI is InChI=1S/C15H13F2NO3S2/c16-10-3-4-12(17)13(6-10)23-9-15(20)21-8-14(19)18-7-11-2-1-5-22-11/h1-6H,7-9H2,(H,18,19). The summed E-state index contributed by atoms with van der Waals surface area (Å²) < 4.78 is 31.1. The number of nitrogens with one attached hydrogen (secondary N) is 1. The first-order valence-corrected chi connectivity index (χ1v) is 8.43. The predicted molar refractivity (Wildman–Crippen MR) is 84.2 cm³/mol. The maximum atomic E-state index is 13.4. The zero-order valence-electron chi connectivity index (χ0n) is 11.9. The molecule has 0 atom stereocenters. The van der Waals surface area contributed by atoms with Crippen LogP contribution in [0.15, 0.2) is 40.6 Å². The summed E-state index contributed by atoms with van der Waals surface area (Å²) in [7, 11) is 0. The summed E-state index contributed by atoms with van der Waals surface area (Å²) >= 11 is 2.32. The normalized spacial score (nSPS) is 10.3. The molecule has 0 radical (unpaired) electrons. The van der Waals surface area contributed by atoms with Gasteiger partial charge in [-0.1, -0.05) is 6.07 Å². The zero-order valence-corrected chi connectivity index (χ0v) is 13.5. The Kier molecular flexibility index (Phi) is 6.54. The smallest absolute Gasteiger partial charge is 0.316 e. The van der Waals surface area contributed by atoms with E-state index >= 15 is 0 Å². The first-order chi connectivity index (χ1) is 11.0. The second-order valence-electron chi connectivity index (χ2n) is 4.38. The van der Waals surface area contributed by atoms with E-state index in [1.807, 2.05) is 17.5 Å². The van der Waals surface area contributed by atoms with Crippen LogP contribution < -0.4 is 5.32 Å². The lowest BCUT2D eigenvalue weighted by atomic mass is 10.3. The van der Waals surface area contributed by atoms with Gasteiger partial charge in [0.05, 0.1) is 12.3 Å². The number of carbonyl (C=O) groups excluding carboxylic acids is 2. The summed E-state index contributed by atoms with van der Waals surface area (Å²) in [5.41, 5.74) is 0. The summed E-state index contributed by atoms with van der Waals surface area (Å²) in [5.74, 6) is -2.51. The van der Waals surface area contributed by atoms with Crippen molar-refractivity contribution in [3.8, 4) is 0 Å². The van der Waals surface area contributed by atoms with Gasteiger partial charge in [-0.05, 0) is 29.6 Å². The predicted octanol–water partition coefficient (Wildman–Crippen LogP) is 2.98. The number of thioether (sulfide) groups is 1. The largest absolute Gasteiger partial charge is 0.455 e. The van der Waals surface area contributed by atoms with Crippen molar-refractivity contribution in [2.24, 2.45) is 0 Å². The topological polar surface area (TPSA) is 55.4 Å². The molecule has 0 spiro atoms. The maximum absolute atomic E-state index is 13.4. The van der Waals surface area contributed by atoms with E-state index in [0.717, 1.165) is 34.8 Å². The van der Waals surface area contributed by atoms with Crippen molar-refractivity contribution in [3.05, 3.63) is 52.2 Å². The SMILES string of the molecule is O=C(COC(=O)CSc1cc(F)ccc1F)NCc1cccs1. The van der Waals surface area contributed by atoms with Crippen molar-refractivity contribution in [3.63, 3.8) is 0 Å². The van der Waals surface area contributed by atoms with Crippen LogP contribution in [0.1, 0.15) is 4.88 Å². The number of halogens is 2. The van der Waals surface area contributed by atoms with Gasteiger partial charge in [0.15, 0.2) is 6.61 Å². The van der Waals surface area contributed by atoms with Crippen LogP contribution in [0, 0.1) is 11.6 Å². The van der Waals surface area contributed by atoms with E-state index in [1.54, 1.807) is 0 Å². The lowest BCUT2D eigenvalue weighted by Crippen LogP contribution is -2.28. The third kappa shape index (κ3) is 5.99. The summed E-state index contributed by atoms with van der Waals surface area (Å²) in [4.78, 5) is 24.0. The zero-order chi connectivity index (χ0) is 16.7. The van der Waals surface area contributed by atoms with Gasteiger partial charge in [-0.15, -0.1) is 23.1 Å². The number of carbonyl (C=O) groups is 2. The van der Waals surface area contributed by atoms with Gasteiger partial charge in [0.25, 0.3) is 5.91 Å². The summed E-state index contributed by atoms with van der Waals surface area (Å²) in [5, 5.41) is 4.50. The monoisotopic (exact) mass is 357 g/mol. The van der Waals surface area contributed by atoms with Gasteiger partial charge in [0, 0.05) is 9.77 Å². The molecule has 0 aliphatic heterocycles. The molecule has 0 saturated heterocycles. The van der Waals surface area contributed by atoms with Gasteiger partial charge in [0.2, 0.25) is 0 Å². The number of hydrogen-bond acceptors (Lipinski definition) is 5. The van der Waals surface area contributed by atoms with Crippen molar-refractivity contribution in [1.29, 1.82) is 0 Å².